The molecule has 1 unspecified atom stereocenters. The number of nitrogens with one attached hydrogen (secondary N) is 1. The van der Waals surface area contributed by atoms with Crippen LogP contribution < -0.4 is 11.1 Å². The van der Waals surface area contributed by atoms with Gasteiger partial charge >= 0.3 is 0 Å². The summed E-state index contributed by atoms with van der Waals surface area (Å²) in [5, 5.41) is 2.80. The van der Waals surface area contributed by atoms with E-state index in [1.165, 1.54) is 0 Å². The fourth-order valence-corrected chi connectivity index (χ4v) is 1.32. The minimum Gasteiger partial charge on any atom is -0.399 e. The Morgan fingerprint density at radius 1 is 1.44 bits per heavy atom. The molecule has 0 saturated carbocycles. The van der Waals surface area contributed by atoms with Gasteiger partial charge in [0.1, 0.15) is 0 Å². The third-order valence-electron chi connectivity index (χ3n) is 2.17. The van der Waals surface area contributed by atoms with Crippen molar-refractivity contribution in [3.63, 3.8) is 0 Å². The molecule has 4 nitrogen and oxygen atoms in total. The van der Waals surface area contributed by atoms with Gasteiger partial charge in [0.05, 0.1) is 6.10 Å². The van der Waals surface area contributed by atoms with E-state index in [1.54, 1.807) is 24.3 Å². The molecule has 3 N–H and O–H groups in total. The summed E-state index contributed by atoms with van der Waals surface area (Å²) in [5.74, 6) is -0.105. The standard InChI is InChI=1S/C12H18N2O2/c1-3-16-9(2)8-14-12(15)10-4-6-11(13)7-5-10/h4-7,9H,3,8,13H2,1-2H3,(H,14,15). The zero-order chi connectivity index (χ0) is 12.0. The molecule has 0 spiro atoms. The van der Waals surface area contributed by atoms with Crippen LogP contribution in [0.25, 0.3) is 0 Å². The largest absolute Gasteiger partial charge is 0.399 e. The number of carbonyl (C=O) groups is 1. The van der Waals surface area contributed by atoms with Crippen molar-refractivity contribution in [2.45, 2.75) is 20.0 Å². The van der Waals surface area contributed by atoms with E-state index in [9.17, 15) is 4.79 Å². The van der Waals surface area contributed by atoms with Crippen LogP contribution in [-0.4, -0.2) is 25.2 Å². The summed E-state index contributed by atoms with van der Waals surface area (Å²) in [4.78, 5) is 11.7. The number of carbonyl (C=O) groups excluding carboxylic acids is 1. The highest BCUT2D eigenvalue weighted by Crippen LogP contribution is 2.05. The lowest BCUT2D eigenvalue weighted by Crippen LogP contribution is -2.32. The lowest BCUT2D eigenvalue weighted by atomic mass is 10.2. The summed E-state index contributed by atoms with van der Waals surface area (Å²) in [7, 11) is 0. The van der Waals surface area contributed by atoms with Gasteiger partial charge < -0.3 is 15.8 Å². The molecule has 0 aliphatic rings. The minimum atomic E-state index is -0.105. The Labute approximate surface area is 95.8 Å². The molecule has 88 valence electrons. The molecule has 0 bridgehead atoms. The molecule has 0 radical (unpaired) electrons. The van der Waals surface area contributed by atoms with Gasteiger partial charge in [0.25, 0.3) is 5.91 Å². The highest BCUT2D eigenvalue weighted by atomic mass is 16.5. The Bertz CT molecular complexity index is 335. The predicted octanol–water partition coefficient (Wildman–Crippen LogP) is 1.42. The lowest BCUT2D eigenvalue weighted by molar-refractivity contribution is 0.0695. The molecule has 0 aromatic heterocycles. The van der Waals surface area contributed by atoms with Crippen molar-refractivity contribution in [1.82, 2.24) is 5.32 Å². The highest BCUT2D eigenvalue weighted by Gasteiger charge is 2.07. The van der Waals surface area contributed by atoms with Crippen molar-refractivity contribution in [2.24, 2.45) is 0 Å². The van der Waals surface area contributed by atoms with Crippen LogP contribution in [0.3, 0.4) is 0 Å². The molecule has 0 aliphatic carbocycles. The van der Waals surface area contributed by atoms with Crippen LogP contribution in [0.4, 0.5) is 5.69 Å². The van der Waals surface area contributed by atoms with Crippen molar-refractivity contribution in [1.29, 1.82) is 0 Å². The van der Waals surface area contributed by atoms with Crippen molar-refractivity contribution in [3.05, 3.63) is 29.8 Å². The summed E-state index contributed by atoms with van der Waals surface area (Å²) in [6.45, 7) is 5.01. The average molecular weight is 222 g/mol. The number of nitrogen functional groups attached to an aromatic ring is 1. The third kappa shape index (κ3) is 3.90. The van der Waals surface area contributed by atoms with Crippen molar-refractivity contribution < 1.29 is 9.53 Å². The van der Waals surface area contributed by atoms with Crippen molar-refractivity contribution in [3.8, 4) is 0 Å². The molecule has 16 heavy (non-hydrogen) atoms. The topological polar surface area (TPSA) is 64.3 Å². The van der Waals surface area contributed by atoms with Crippen LogP contribution in [-0.2, 0) is 4.74 Å². The molecule has 1 aromatic carbocycles. The smallest absolute Gasteiger partial charge is 0.251 e. The SMILES string of the molecule is CCOC(C)CNC(=O)c1ccc(N)cc1. The first-order chi connectivity index (χ1) is 7.63. The minimum absolute atomic E-state index is 0.0303. The van der Waals surface area contributed by atoms with Crippen LogP contribution in [0.15, 0.2) is 24.3 Å². The quantitative estimate of drug-likeness (QED) is 0.741. The number of rotatable bonds is 5. The molecule has 1 rings (SSSR count). The summed E-state index contributed by atoms with van der Waals surface area (Å²) >= 11 is 0. The first-order valence-electron chi connectivity index (χ1n) is 5.38. The zero-order valence-electron chi connectivity index (χ0n) is 9.69. The van der Waals surface area contributed by atoms with Gasteiger partial charge in [-0.05, 0) is 38.1 Å². The predicted molar refractivity (Wildman–Crippen MR) is 64.3 cm³/mol. The van der Waals surface area contributed by atoms with Gasteiger partial charge in [0.15, 0.2) is 0 Å². The summed E-state index contributed by atoms with van der Waals surface area (Å²) in [6.07, 6.45) is 0.0303. The molecule has 0 saturated heterocycles. The van der Waals surface area contributed by atoms with E-state index in [2.05, 4.69) is 5.32 Å². The molecular formula is C12H18N2O2. The summed E-state index contributed by atoms with van der Waals surface area (Å²) < 4.78 is 5.31. The van der Waals surface area contributed by atoms with Gasteiger partial charge in [0.2, 0.25) is 0 Å². The van der Waals surface area contributed by atoms with E-state index >= 15 is 0 Å². The van der Waals surface area contributed by atoms with E-state index in [-0.39, 0.29) is 12.0 Å². The van der Waals surface area contributed by atoms with Crippen LogP contribution in [0.5, 0.6) is 0 Å². The van der Waals surface area contributed by atoms with Gasteiger partial charge in [0, 0.05) is 24.4 Å². The second-order valence-electron chi connectivity index (χ2n) is 3.60. The molecule has 0 aliphatic heterocycles. The number of nitrogens with two attached hydrogens (primary N) is 1. The first-order valence-corrected chi connectivity index (χ1v) is 5.38. The zero-order valence-corrected chi connectivity index (χ0v) is 9.69. The second-order valence-corrected chi connectivity index (χ2v) is 3.60. The fraction of sp³-hybridized carbons (Fsp3) is 0.417. The molecule has 1 aromatic rings. The Balaban J connectivity index is 2.43. The fourth-order valence-electron chi connectivity index (χ4n) is 1.32. The molecule has 0 fully saturated rings. The van der Waals surface area contributed by atoms with Gasteiger partial charge in [-0.3, -0.25) is 4.79 Å². The van der Waals surface area contributed by atoms with Crippen LogP contribution in [0, 0.1) is 0 Å². The Kier molecular flexibility index (Phi) is 4.79. The molecule has 4 heteroatoms. The number of hydrogen-bond acceptors (Lipinski definition) is 3. The maximum atomic E-state index is 11.7. The first kappa shape index (κ1) is 12.5. The molecule has 1 amide bonds. The van der Waals surface area contributed by atoms with E-state index < -0.39 is 0 Å². The normalized spacial score (nSPS) is 12.1. The number of amides is 1. The van der Waals surface area contributed by atoms with Gasteiger partial charge in [-0.15, -0.1) is 0 Å². The maximum Gasteiger partial charge on any atom is 0.251 e. The van der Waals surface area contributed by atoms with Crippen molar-refractivity contribution in [2.75, 3.05) is 18.9 Å². The Hall–Kier alpha value is -1.55. The van der Waals surface area contributed by atoms with Crippen molar-refractivity contribution >= 4 is 11.6 Å². The number of benzene rings is 1. The highest BCUT2D eigenvalue weighted by molar-refractivity contribution is 5.94. The summed E-state index contributed by atoms with van der Waals surface area (Å²) in [6, 6.07) is 6.83. The van der Waals surface area contributed by atoms with E-state index in [0.29, 0.717) is 24.4 Å². The van der Waals surface area contributed by atoms with Gasteiger partial charge in [-0.1, -0.05) is 0 Å². The molecule has 1 atom stereocenters. The van der Waals surface area contributed by atoms with Crippen LogP contribution >= 0.6 is 0 Å². The van der Waals surface area contributed by atoms with E-state index in [0.717, 1.165) is 0 Å². The molecular weight excluding hydrogens is 204 g/mol. The maximum absolute atomic E-state index is 11.7. The van der Waals surface area contributed by atoms with Crippen LogP contribution in [0.2, 0.25) is 0 Å². The number of anilines is 1. The lowest BCUT2D eigenvalue weighted by Gasteiger charge is -2.12. The van der Waals surface area contributed by atoms with Gasteiger partial charge in [-0.25, -0.2) is 0 Å². The monoisotopic (exact) mass is 222 g/mol. The summed E-state index contributed by atoms with van der Waals surface area (Å²) in [5.41, 5.74) is 6.80. The van der Waals surface area contributed by atoms with E-state index in [1.807, 2.05) is 13.8 Å². The van der Waals surface area contributed by atoms with E-state index in [4.69, 9.17) is 10.5 Å². The number of ether oxygens (including phenoxy) is 1. The second kappa shape index (κ2) is 6.12. The Morgan fingerprint density at radius 2 is 2.06 bits per heavy atom. The van der Waals surface area contributed by atoms with Crippen LogP contribution in [0.1, 0.15) is 24.2 Å². The van der Waals surface area contributed by atoms with Gasteiger partial charge in [-0.2, -0.15) is 0 Å². The third-order valence-corrected chi connectivity index (χ3v) is 2.17. The Morgan fingerprint density at radius 3 is 2.62 bits per heavy atom. The molecule has 0 heterocycles. The number of hydrogen-bond donors (Lipinski definition) is 2. The average Bonchev–Trinajstić information content (AvgIpc) is 2.27.